The first-order valence-electron chi connectivity index (χ1n) is 4.61. The molecular weight excluding hydrogens is 204 g/mol. The summed E-state index contributed by atoms with van der Waals surface area (Å²) in [4.78, 5) is 11.1. The third-order valence-electron chi connectivity index (χ3n) is 2.44. The van der Waals surface area contributed by atoms with Gasteiger partial charge in [0.1, 0.15) is 0 Å². The Morgan fingerprint density at radius 2 is 2.14 bits per heavy atom. The summed E-state index contributed by atoms with van der Waals surface area (Å²) in [5.74, 6) is -0.0818. The van der Waals surface area contributed by atoms with E-state index in [-0.39, 0.29) is 17.6 Å². The summed E-state index contributed by atoms with van der Waals surface area (Å²) in [7, 11) is -0.148. The molecule has 1 unspecified atom stereocenters. The summed E-state index contributed by atoms with van der Waals surface area (Å²) in [6.45, 7) is 0.672. The predicted molar refractivity (Wildman–Crippen MR) is 53.2 cm³/mol. The molecule has 1 heterocycles. The van der Waals surface area contributed by atoms with Gasteiger partial charge in [-0.2, -0.15) is 0 Å². The molecule has 5 nitrogen and oxygen atoms in total. The third-order valence-corrected chi connectivity index (χ3v) is 4.31. The van der Waals surface area contributed by atoms with Gasteiger partial charge in [0.15, 0.2) is 0 Å². The standard InChI is InChI=1S/C8H16N2O3S/c1-10(2)14(12,13)6-4-7-3-5-9-8(7)11/h7H,3-6H2,1-2H3,(H,9,11). The molecule has 82 valence electrons. The molecule has 0 aliphatic carbocycles. The van der Waals surface area contributed by atoms with E-state index in [9.17, 15) is 13.2 Å². The molecule has 14 heavy (non-hydrogen) atoms. The molecule has 1 amide bonds. The first kappa shape index (κ1) is 11.5. The van der Waals surface area contributed by atoms with Gasteiger partial charge in [0, 0.05) is 26.6 Å². The van der Waals surface area contributed by atoms with Gasteiger partial charge in [-0.15, -0.1) is 0 Å². The van der Waals surface area contributed by atoms with Crippen LogP contribution in [0.2, 0.25) is 0 Å². The van der Waals surface area contributed by atoms with Crippen molar-refractivity contribution >= 4 is 15.9 Å². The van der Waals surface area contributed by atoms with Crippen LogP contribution in [0.3, 0.4) is 0 Å². The molecule has 1 rings (SSSR count). The third kappa shape index (κ3) is 2.68. The lowest BCUT2D eigenvalue weighted by Gasteiger charge is -2.12. The highest BCUT2D eigenvalue weighted by molar-refractivity contribution is 7.89. The lowest BCUT2D eigenvalue weighted by molar-refractivity contribution is -0.122. The van der Waals surface area contributed by atoms with E-state index in [0.717, 1.165) is 6.42 Å². The van der Waals surface area contributed by atoms with Crippen LogP contribution in [-0.2, 0) is 14.8 Å². The monoisotopic (exact) mass is 220 g/mol. The van der Waals surface area contributed by atoms with Gasteiger partial charge in [-0.25, -0.2) is 12.7 Å². The van der Waals surface area contributed by atoms with Gasteiger partial charge in [0.05, 0.1) is 5.75 Å². The van der Waals surface area contributed by atoms with Gasteiger partial charge in [-0.1, -0.05) is 0 Å². The van der Waals surface area contributed by atoms with Gasteiger partial charge in [0.25, 0.3) is 0 Å². The molecule has 1 aliphatic heterocycles. The molecule has 0 radical (unpaired) electrons. The van der Waals surface area contributed by atoms with Crippen LogP contribution in [0.1, 0.15) is 12.8 Å². The highest BCUT2D eigenvalue weighted by Crippen LogP contribution is 2.15. The number of amides is 1. The molecule has 1 N–H and O–H groups in total. The molecule has 1 fully saturated rings. The van der Waals surface area contributed by atoms with E-state index < -0.39 is 10.0 Å². The molecule has 6 heteroatoms. The van der Waals surface area contributed by atoms with E-state index in [1.165, 1.54) is 18.4 Å². The van der Waals surface area contributed by atoms with Crippen molar-refractivity contribution in [3.05, 3.63) is 0 Å². The van der Waals surface area contributed by atoms with Gasteiger partial charge in [-0.05, 0) is 12.8 Å². The van der Waals surface area contributed by atoms with Gasteiger partial charge in [0.2, 0.25) is 15.9 Å². The SMILES string of the molecule is CN(C)S(=O)(=O)CCC1CCNC1=O. The Morgan fingerprint density at radius 1 is 1.50 bits per heavy atom. The molecule has 0 bridgehead atoms. The number of nitrogens with zero attached hydrogens (tertiary/aromatic N) is 1. The van der Waals surface area contributed by atoms with Crippen LogP contribution >= 0.6 is 0 Å². The molecule has 0 saturated carbocycles. The number of nitrogens with one attached hydrogen (secondary N) is 1. The van der Waals surface area contributed by atoms with E-state index in [1.807, 2.05) is 0 Å². The largest absolute Gasteiger partial charge is 0.356 e. The highest BCUT2D eigenvalue weighted by Gasteiger charge is 2.26. The van der Waals surface area contributed by atoms with Crippen molar-refractivity contribution in [2.24, 2.45) is 5.92 Å². The van der Waals surface area contributed by atoms with Crippen molar-refractivity contribution in [2.45, 2.75) is 12.8 Å². The Morgan fingerprint density at radius 3 is 2.57 bits per heavy atom. The predicted octanol–water partition coefficient (Wildman–Crippen LogP) is -0.596. The van der Waals surface area contributed by atoms with Crippen molar-refractivity contribution in [1.29, 1.82) is 0 Å². The zero-order valence-corrected chi connectivity index (χ0v) is 9.30. The molecule has 0 aromatic rings. The fourth-order valence-corrected chi connectivity index (χ4v) is 2.34. The van der Waals surface area contributed by atoms with Crippen LogP contribution in [0.15, 0.2) is 0 Å². The van der Waals surface area contributed by atoms with Crippen molar-refractivity contribution < 1.29 is 13.2 Å². The quantitative estimate of drug-likeness (QED) is 0.688. The first-order valence-corrected chi connectivity index (χ1v) is 6.22. The summed E-state index contributed by atoms with van der Waals surface area (Å²) in [6, 6.07) is 0. The molecule has 1 aliphatic rings. The molecule has 0 aromatic carbocycles. The van der Waals surface area contributed by atoms with Crippen molar-refractivity contribution in [3.63, 3.8) is 0 Å². The van der Waals surface area contributed by atoms with Gasteiger partial charge in [-0.3, -0.25) is 4.79 Å². The number of carbonyl (C=O) groups excluding carboxylic acids is 1. The molecule has 1 atom stereocenters. The van der Waals surface area contributed by atoms with E-state index >= 15 is 0 Å². The fraction of sp³-hybridized carbons (Fsp3) is 0.875. The van der Waals surface area contributed by atoms with Crippen LogP contribution in [-0.4, -0.2) is 45.0 Å². The van der Waals surface area contributed by atoms with Crippen LogP contribution in [0.5, 0.6) is 0 Å². The van der Waals surface area contributed by atoms with Crippen molar-refractivity contribution in [3.8, 4) is 0 Å². The maximum atomic E-state index is 11.4. The second-order valence-electron chi connectivity index (χ2n) is 3.66. The number of carbonyl (C=O) groups is 1. The van der Waals surface area contributed by atoms with Crippen molar-refractivity contribution in [1.82, 2.24) is 9.62 Å². The van der Waals surface area contributed by atoms with Crippen molar-refractivity contribution in [2.75, 3.05) is 26.4 Å². The number of hydrogen-bond acceptors (Lipinski definition) is 3. The Hall–Kier alpha value is -0.620. The average Bonchev–Trinajstić information content (AvgIpc) is 2.47. The second kappa shape index (κ2) is 4.27. The van der Waals surface area contributed by atoms with Crippen LogP contribution < -0.4 is 5.32 Å². The normalized spacial score (nSPS) is 22.8. The molecule has 0 aromatic heterocycles. The van der Waals surface area contributed by atoms with E-state index in [4.69, 9.17) is 0 Å². The number of hydrogen-bond donors (Lipinski definition) is 1. The lowest BCUT2D eigenvalue weighted by Crippen LogP contribution is -2.27. The smallest absolute Gasteiger partial charge is 0.223 e. The summed E-state index contributed by atoms with van der Waals surface area (Å²) >= 11 is 0. The Bertz CT molecular complexity index is 311. The minimum absolute atomic E-state index is 0.0149. The summed E-state index contributed by atoms with van der Waals surface area (Å²) < 4.78 is 24.0. The zero-order valence-electron chi connectivity index (χ0n) is 8.49. The molecule has 1 saturated heterocycles. The Labute approximate surface area is 84.5 Å². The van der Waals surface area contributed by atoms with Gasteiger partial charge < -0.3 is 5.32 Å². The van der Waals surface area contributed by atoms with Crippen LogP contribution in [0, 0.1) is 5.92 Å². The summed E-state index contributed by atoms with van der Waals surface area (Å²) in [6.07, 6.45) is 1.17. The van der Waals surface area contributed by atoms with Crippen LogP contribution in [0.4, 0.5) is 0 Å². The molecule has 0 spiro atoms. The maximum absolute atomic E-state index is 11.4. The number of rotatable bonds is 4. The summed E-state index contributed by atoms with van der Waals surface area (Å²) in [5.41, 5.74) is 0. The first-order chi connectivity index (χ1) is 6.43. The van der Waals surface area contributed by atoms with Gasteiger partial charge >= 0.3 is 0 Å². The van der Waals surface area contributed by atoms with E-state index in [2.05, 4.69) is 5.32 Å². The topological polar surface area (TPSA) is 66.5 Å². The maximum Gasteiger partial charge on any atom is 0.223 e. The van der Waals surface area contributed by atoms with E-state index in [0.29, 0.717) is 13.0 Å². The second-order valence-corrected chi connectivity index (χ2v) is 5.97. The Balaban J connectivity index is 2.44. The Kier molecular flexibility index (Phi) is 3.49. The highest BCUT2D eigenvalue weighted by atomic mass is 32.2. The van der Waals surface area contributed by atoms with E-state index in [1.54, 1.807) is 0 Å². The zero-order chi connectivity index (χ0) is 10.8. The summed E-state index contributed by atoms with van der Waals surface area (Å²) in [5, 5.41) is 2.69. The lowest BCUT2D eigenvalue weighted by atomic mass is 10.1. The molecular formula is C8H16N2O3S. The number of sulfonamides is 1. The average molecular weight is 220 g/mol. The van der Waals surface area contributed by atoms with Crippen LogP contribution in [0.25, 0.3) is 0 Å². The fourth-order valence-electron chi connectivity index (χ4n) is 1.39. The minimum atomic E-state index is -3.16. The minimum Gasteiger partial charge on any atom is -0.356 e.